The smallest absolute Gasteiger partial charge is 0.326 e. The second-order valence-electron chi connectivity index (χ2n) is 18.5. The van der Waals surface area contributed by atoms with Crippen molar-refractivity contribution in [1.82, 2.24) is 26.6 Å². The summed E-state index contributed by atoms with van der Waals surface area (Å²) in [6.07, 6.45) is 0.164. The highest BCUT2D eigenvalue weighted by Crippen LogP contribution is 2.31. The minimum absolute atomic E-state index is 0.0468. The van der Waals surface area contributed by atoms with Crippen LogP contribution in [0, 0.1) is 17.8 Å². The number of Topliss-reactive ketones (excluding diaryl/α,β-unsaturated/α-hetero) is 3. The van der Waals surface area contributed by atoms with Crippen molar-refractivity contribution in [2.75, 3.05) is 77.5 Å². The quantitative estimate of drug-likeness (QED) is 0.0314. The molecule has 1 aromatic carbocycles. The van der Waals surface area contributed by atoms with E-state index >= 15 is 0 Å². The molecule has 3 unspecified atom stereocenters. The first-order chi connectivity index (χ1) is 37.7. The molecule has 1 aliphatic heterocycles. The van der Waals surface area contributed by atoms with Gasteiger partial charge in [-0.3, -0.25) is 47.9 Å². The lowest BCUT2D eigenvalue weighted by Gasteiger charge is -2.24. The summed E-state index contributed by atoms with van der Waals surface area (Å²) in [4.78, 5) is 148. The van der Waals surface area contributed by atoms with E-state index < -0.39 is 102 Å². The number of aromatic hydroxyl groups is 1. The van der Waals surface area contributed by atoms with Crippen LogP contribution in [-0.2, 0) is 82.9 Å². The van der Waals surface area contributed by atoms with Gasteiger partial charge in [0.15, 0.2) is 5.78 Å². The molecular weight excluding hydrogens is 1080 g/mol. The third-order valence-electron chi connectivity index (χ3n) is 12.0. The van der Waals surface area contributed by atoms with E-state index in [4.69, 9.17) is 24.7 Å². The molecule has 1 saturated heterocycles. The summed E-state index contributed by atoms with van der Waals surface area (Å²) in [6.45, 7) is 2.03. The van der Waals surface area contributed by atoms with Crippen molar-refractivity contribution in [2.24, 2.45) is 23.5 Å². The number of primary amides is 1. The molecule has 0 saturated carbocycles. The van der Waals surface area contributed by atoms with E-state index in [2.05, 4.69) is 26.6 Å². The number of phenolic OH excluding ortho intramolecular Hbond substituents is 1. The third kappa shape index (κ3) is 31.9. The van der Waals surface area contributed by atoms with Gasteiger partial charge in [0.05, 0.1) is 51.6 Å². The molecule has 2 rings (SSSR count). The largest absolute Gasteiger partial charge is 0.508 e. The Morgan fingerprint density at radius 3 is 1.71 bits per heavy atom. The molecule has 28 heteroatoms. The van der Waals surface area contributed by atoms with Crippen LogP contribution in [-0.4, -0.2) is 187 Å². The van der Waals surface area contributed by atoms with Gasteiger partial charge in [-0.05, 0) is 49.8 Å². The monoisotopic (exact) mass is 1160 g/mol. The van der Waals surface area contributed by atoms with Crippen molar-refractivity contribution in [2.45, 2.75) is 115 Å². The molecule has 26 nitrogen and oxygen atoms in total. The van der Waals surface area contributed by atoms with E-state index in [0.29, 0.717) is 17.9 Å². The summed E-state index contributed by atoms with van der Waals surface area (Å²) in [6, 6.07) is 2.35. The fraction of sp³-hybridized carbons (Fsp3) is 0.647. The Hall–Kier alpha value is -6.20. The van der Waals surface area contributed by atoms with Gasteiger partial charge < -0.3 is 71.7 Å². The van der Waals surface area contributed by atoms with Crippen LogP contribution in [0.5, 0.6) is 5.75 Å². The van der Waals surface area contributed by atoms with E-state index in [1.807, 2.05) is 6.92 Å². The summed E-state index contributed by atoms with van der Waals surface area (Å²) in [7, 11) is 2.74. The van der Waals surface area contributed by atoms with Crippen LogP contribution in [0.1, 0.15) is 96.0 Å². The van der Waals surface area contributed by atoms with E-state index in [9.17, 15) is 78.0 Å². The number of ether oxygens (including phenoxy) is 4. The molecule has 0 spiro atoms. The predicted octanol–water partition coefficient (Wildman–Crippen LogP) is 0.469. The second-order valence-corrected chi connectivity index (χ2v) is 21.0. The van der Waals surface area contributed by atoms with Gasteiger partial charge in [0.25, 0.3) is 0 Å². The average molecular weight is 1160 g/mol. The zero-order valence-electron chi connectivity index (χ0n) is 44.4. The van der Waals surface area contributed by atoms with Gasteiger partial charge in [-0.2, -0.15) is 0 Å². The molecular formula is C51H76N6O20S2. The third-order valence-corrected chi connectivity index (χ3v) is 14.5. The molecule has 6 atom stereocenters. The Morgan fingerprint density at radius 2 is 1.15 bits per heavy atom. The zero-order chi connectivity index (χ0) is 58.5. The zero-order valence-corrected chi connectivity index (χ0v) is 46.0. The molecule has 1 fully saturated rings. The maximum atomic E-state index is 13.2. The number of unbranched alkanes of at least 4 members (excludes halogenated alkanes) is 2. The normalized spacial score (nSPS) is 15.9. The number of rotatable bonds is 43. The van der Waals surface area contributed by atoms with Crippen LogP contribution in [0.2, 0.25) is 0 Å². The maximum absolute atomic E-state index is 13.2. The molecule has 0 bridgehead atoms. The topological polar surface area (TPSA) is 409 Å². The van der Waals surface area contributed by atoms with Gasteiger partial charge >= 0.3 is 17.9 Å². The minimum atomic E-state index is -1.55. The summed E-state index contributed by atoms with van der Waals surface area (Å²) >= 11 is 0. The highest BCUT2D eigenvalue weighted by molar-refractivity contribution is 8.76. The number of carbonyl (C=O) groups is 12. The lowest BCUT2D eigenvalue weighted by Crippen LogP contribution is -2.46. The van der Waals surface area contributed by atoms with Gasteiger partial charge in [0.1, 0.15) is 42.6 Å². The number of nitrogens with two attached hydrogens (primary N) is 1. The van der Waals surface area contributed by atoms with Gasteiger partial charge in [-0.15, -0.1) is 0 Å². The number of ketones is 3. The predicted molar refractivity (Wildman–Crippen MR) is 285 cm³/mol. The number of carboxylic acid groups (broad SMARTS) is 3. The number of aliphatic carboxylic acids is 3. The molecule has 0 aromatic heterocycles. The van der Waals surface area contributed by atoms with Gasteiger partial charge in [0, 0.05) is 81.4 Å². The Bertz CT molecular complexity index is 2170. The SMILES string of the molecule is CCCCCC(=O)CC(CCC(=O)NC(CCC(=O)NC(CCC(=O)NCCOCCOCC(=O)NCCOCCOCC(=O)N[C@H]1CSSC[C@@H](C(=O)C[C@@H](Cc2ccc(O)cc2)C(N)=O)CC1=O)C(=O)O)C(=O)O)C(=O)O. The Balaban J connectivity index is 1.52. The number of carboxylic acids is 3. The molecule has 6 amide bonds. The van der Waals surface area contributed by atoms with E-state index in [0.717, 1.165) is 18.4 Å². The lowest BCUT2D eigenvalue weighted by atomic mass is 9.87. The van der Waals surface area contributed by atoms with E-state index in [1.54, 1.807) is 12.1 Å². The molecule has 0 aliphatic carbocycles. The van der Waals surface area contributed by atoms with Crippen LogP contribution < -0.4 is 32.3 Å². The van der Waals surface area contributed by atoms with Crippen LogP contribution in [0.15, 0.2) is 24.3 Å². The first kappa shape index (κ1) is 68.9. The highest BCUT2D eigenvalue weighted by Gasteiger charge is 2.33. The van der Waals surface area contributed by atoms with Crippen molar-refractivity contribution in [3.8, 4) is 5.75 Å². The lowest BCUT2D eigenvalue weighted by molar-refractivity contribution is -0.145. The molecule has 0 radical (unpaired) electrons. The summed E-state index contributed by atoms with van der Waals surface area (Å²) in [5.41, 5.74) is 6.31. The summed E-state index contributed by atoms with van der Waals surface area (Å²) in [5, 5.41) is 50.4. The Labute approximate surface area is 465 Å². The number of phenols is 1. The van der Waals surface area contributed by atoms with Gasteiger partial charge in [-0.25, -0.2) is 9.59 Å². The highest BCUT2D eigenvalue weighted by atomic mass is 33.1. The van der Waals surface area contributed by atoms with Crippen molar-refractivity contribution < 1.29 is 96.9 Å². The van der Waals surface area contributed by atoms with E-state index in [-0.39, 0.29) is 147 Å². The maximum Gasteiger partial charge on any atom is 0.326 e. The fourth-order valence-electron chi connectivity index (χ4n) is 7.55. The first-order valence-electron chi connectivity index (χ1n) is 26.0. The molecule has 1 aliphatic rings. The number of benzene rings is 1. The number of hydrogen-bond acceptors (Lipinski definition) is 19. The van der Waals surface area contributed by atoms with Crippen LogP contribution in [0.4, 0.5) is 0 Å². The van der Waals surface area contributed by atoms with Crippen LogP contribution >= 0.6 is 21.6 Å². The summed E-state index contributed by atoms with van der Waals surface area (Å²) in [5.74, 6) is -10.7. The fourth-order valence-corrected chi connectivity index (χ4v) is 10.1. The minimum Gasteiger partial charge on any atom is -0.508 e. The van der Waals surface area contributed by atoms with E-state index in [1.165, 1.54) is 33.7 Å². The van der Waals surface area contributed by atoms with Crippen molar-refractivity contribution in [1.29, 1.82) is 0 Å². The van der Waals surface area contributed by atoms with Crippen molar-refractivity contribution in [3.05, 3.63) is 29.8 Å². The van der Waals surface area contributed by atoms with Crippen molar-refractivity contribution >= 4 is 92.3 Å². The first-order valence-corrected chi connectivity index (χ1v) is 28.5. The Morgan fingerprint density at radius 1 is 0.620 bits per heavy atom. The molecule has 442 valence electrons. The number of carbonyl (C=O) groups excluding carboxylic acids is 9. The molecule has 1 aromatic rings. The number of amides is 6. The average Bonchev–Trinajstić information content (AvgIpc) is 3.39. The molecule has 11 N–H and O–H groups in total. The number of hydrogen-bond donors (Lipinski definition) is 10. The molecule has 1 heterocycles. The molecule has 79 heavy (non-hydrogen) atoms. The van der Waals surface area contributed by atoms with Gasteiger partial charge in [-0.1, -0.05) is 53.5 Å². The van der Waals surface area contributed by atoms with Crippen LogP contribution in [0.3, 0.4) is 0 Å². The Kier molecular flexibility index (Phi) is 34.9. The number of nitrogens with one attached hydrogen (secondary N) is 5. The van der Waals surface area contributed by atoms with Gasteiger partial charge in [0.2, 0.25) is 35.4 Å². The van der Waals surface area contributed by atoms with Crippen LogP contribution in [0.25, 0.3) is 0 Å². The van der Waals surface area contributed by atoms with Crippen molar-refractivity contribution in [3.63, 3.8) is 0 Å². The summed E-state index contributed by atoms with van der Waals surface area (Å²) < 4.78 is 21.4. The standard InChI is InChI=1S/C51H76N6O20S2/c1-2-3-4-5-37(59)25-33(49(68)69)8-13-44(63)55-39(51(72)73)12-15-45(64)56-38(50(70)71)11-14-43(62)53-16-18-74-20-22-76-28-46(65)54-17-19-75-21-23-77-29-47(66)57-40-31-79-78-30-35(27-42(40)61)41(60)26-34(48(52)67)24-32-6-9-36(58)10-7-32/h6-7,9-10,33-35,38-40,58H,2-5,8,11-31H2,1H3,(H2,52,67)(H,53,62)(H,54,65)(H,55,63)(H,56,64)(H,57,66)(H,68,69)(H,70,71)(H,72,73)/t33?,34-,35+,38?,39?,40+/m1/s1. The second kappa shape index (κ2) is 40.0.